The lowest BCUT2D eigenvalue weighted by Gasteiger charge is -2.17. The second kappa shape index (κ2) is 4.28. The molecular formula is C10H20N2O2. The van der Waals surface area contributed by atoms with E-state index in [9.17, 15) is 4.79 Å². The molecule has 14 heavy (non-hydrogen) atoms. The second-order valence-corrected chi connectivity index (χ2v) is 5.03. The van der Waals surface area contributed by atoms with Crippen LogP contribution in [-0.2, 0) is 9.63 Å². The molecule has 0 aromatic carbocycles. The van der Waals surface area contributed by atoms with Gasteiger partial charge in [-0.3, -0.25) is 9.63 Å². The molecule has 4 heteroatoms. The van der Waals surface area contributed by atoms with E-state index in [-0.39, 0.29) is 6.61 Å². The Labute approximate surface area is 85.1 Å². The Morgan fingerprint density at radius 2 is 2.21 bits per heavy atom. The van der Waals surface area contributed by atoms with Gasteiger partial charge in [-0.2, -0.15) is 5.48 Å². The summed E-state index contributed by atoms with van der Waals surface area (Å²) in [4.78, 5) is 15.5. The molecule has 0 aromatic rings. The fourth-order valence-corrected chi connectivity index (χ4v) is 2.27. The molecule has 1 amide bonds. The van der Waals surface area contributed by atoms with E-state index in [1.807, 2.05) is 0 Å². The number of nitrogens with two attached hydrogens (primary N) is 1. The number of rotatable bonds is 4. The molecule has 0 aliphatic heterocycles. The van der Waals surface area contributed by atoms with Crippen LogP contribution in [0.25, 0.3) is 0 Å². The maximum Gasteiger partial charge on any atom is 0.245 e. The van der Waals surface area contributed by atoms with E-state index in [0.29, 0.717) is 17.4 Å². The third kappa shape index (κ3) is 3.27. The van der Waals surface area contributed by atoms with Gasteiger partial charge in [-0.25, -0.2) is 0 Å². The van der Waals surface area contributed by atoms with Crippen molar-refractivity contribution in [2.75, 3.05) is 6.61 Å². The Kier molecular flexibility index (Phi) is 3.50. The van der Waals surface area contributed by atoms with Crippen LogP contribution in [0.1, 0.15) is 33.6 Å². The highest BCUT2D eigenvalue weighted by Crippen LogP contribution is 2.40. The maximum absolute atomic E-state index is 10.4. The number of carbonyl (C=O) groups excluding carboxylic acids is 1. The summed E-state index contributed by atoms with van der Waals surface area (Å²) in [6.07, 6.45) is 2.26. The zero-order chi connectivity index (χ0) is 10.8. The first kappa shape index (κ1) is 11.5. The van der Waals surface area contributed by atoms with Gasteiger partial charge in [0.05, 0.1) is 0 Å². The van der Waals surface area contributed by atoms with E-state index in [1.54, 1.807) is 0 Å². The first-order valence-electron chi connectivity index (χ1n) is 5.06. The number of amides is 1. The van der Waals surface area contributed by atoms with Gasteiger partial charge in [0.15, 0.2) is 0 Å². The Bertz CT molecular complexity index is 216. The SMILES string of the molecule is CC1CC(C)(C)CC1NOCC(N)=O. The molecule has 0 heterocycles. The molecule has 2 unspecified atom stereocenters. The predicted octanol–water partition coefficient (Wildman–Crippen LogP) is 0.818. The topological polar surface area (TPSA) is 64.3 Å². The Balaban J connectivity index is 2.29. The van der Waals surface area contributed by atoms with Crippen molar-refractivity contribution in [3.8, 4) is 0 Å². The van der Waals surface area contributed by atoms with Crippen LogP contribution in [0.5, 0.6) is 0 Å². The number of hydroxylamine groups is 1. The number of hydrogen-bond donors (Lipinski definition) is 2. The maximum atomic E-state index is 10.4. The minimum Gasteiger partial charge on any atom is -0.368 e. The number of hydrogen-bond acceptors (Lipinski definition) is 3. The quantitative estimate of drug-likeness (QED) is 0.660. The van der Waals surface area contributed by atoms with Crippen LogP contribution in [0.15, 0.2) is 0 Å². The first-order valence-corrected chi connectivity index (χ1v) is 5.06. The van der Waals surface area contributed by atoms with Crippen LogP contribution < -0.4 is 11.2 Å². The van der Waals surface area contributed by atoms with E-state index < -0.39 is 5.91 Å². The van der Waals surface area contributed by atoms with Gasteiger partial charge in [-0.15, -0.1) is 0 Å². The zero-order valence-electron chi connectivity index (χ0n) is 9.17. The van der Waals surface area contributed by atoms with E-state index >= 15 is 0 Å². The molecule has 1 rings (SSSR count). The molecule has 1 saturated carbocycles. The van der Waals surface area contributed by atoms with Crippen LogP contribution in [0.3, 0.4) is 0 Å². The number of primary amides is 1. The lowest BCUT2D eigenvalue weighted by Crippen LogP contribution is -2.34. The summed E-state index contributed by atoms with van der Waals surface area (Å²) in [5.74, 6) is 0.139. The number of carbonyl (C=O) groups is 1. The Hall–Kier alpha value is -0.610. The van der Waals surface area contributed by atoms with Crippen molar-refractivity contribution in [2.24, 2.45) is 17.1 Å². The summed E-state index contributed by atoms with van der Waals surface area (Å²) in [5.41, 5.74) is 8.25. The van der Waals surface area contributed by atoms with Gasteiger partial charge < -0.3 is 5.73 Å². The molecule has 0 bridgehead atoms. The molecule has 0 spiro atoms. The summed E-state index contributed by atoms with van der Waals surface area (Å²) in [6.45, 7) is 6.64. The van der Waals surface area contributed by atoms with Gasteiger partial charge in [-0.1, -0.05) is 20.8 Å². The van der Waals surface area contributed by atoms with Crippen LogP contribution in [0.2, 0.25) is 0 Å². The molecule has 1 fully saturated rings. The highest BCUT2D eigenvalue weighted by molar-refractivity contribution is 5.74. The third-order valence-corrected chi connectivity index (χ3v) is 2.78. The van der Waals surface area contributed by atoms with Gasteiger partial charge >= 0.3 is 0 Å². The standard InChI is InChI=1S/C10H20N2O2/c1-7-4-10(2,3)5-8(7)12-14-6-9(11)13/h7-8,12H,4-6H2,1-3H3,(H2,11,13). The van der Waals surface area contributed by atoms with Crippen molar-refractivity contribution in [1.82, 2.24) is 5.48 Å². The summed E-state index contributed by atoms with van der Waals surface area (Å²) >= 11 is 0. The van der Waals surface area contributed by atoms with Crippen LogP contribution >= 0.6 is 0 Å². The van der Waals surface area contributed by atoms with E-state index in [4.69, 9.17) is 10.6 Å². The molecule has 0 radical (unpaired) electrons. The van der Waals surface area contributed by atoms with Crippen LogP contribution in [0, 0.1) is 11.3 Å². The Morgan fingerprint density at radius 1 is 1.57 bits per heavy atom. The van der Waals surface area contributed by atoms with Gasteiger partial charge in [0.2, 0.25) is 5.91 Å². The van der Waals surface area contributed by atoms with Crippen molar-refractivity contribution >= 4 is 5.91 Å². The monoisotopic (exact) mass is 200 g/mol. The van der Waals surface area contributed by atoms with Crippen molar-refractivity contribution in [1.29, 1.82) is 0 Å². The number of nitrogens with one attached hydrogen (secondary N) is 1. The second-order valence-electron chi connectivity index (χ2n) is 5.03. The summed E-state index contributed by atoms with van der Waals surface area (Å²) < 4.78 is 0. The summed E-state index contributed by atoms with van der Waals surface area (Å²) in [5, 5.41) is 0. The molecule has 3 N–H and O–H groups in total. The van der Waals surface area contributed by atoms with Gasteiger partial charge in [0, 0.05) is 6.04 Å². The summed E-state index contributed by atoms with van der Waals surface area (Å²) in [6, 6.07) is 0.337. The average Bonchev–Trinajstić information content (AvgIpc) is 2.24. The zero-order valence-corrected chi connectivity index (χ0v) is 9.17. The highest BCUT2D eigenvalue weighted by Gasteiger charge is 2.36. The summed E-state index contributed by atoms with van der Waals surface area (Å²) in [7, 11) is 0. The highest BCUT2D eigenvalue weighted by atomic mass is 16.6. The minimum absolute atomic E-state index is 0.0519. The van der Waals surface area contributed by atoms with Crippen molar-refractivity contribution in [2.45, 2.75) is 39.7 Å². The van der Waals surface area contributed by atoms with Crippen molar-refractivity contribution < 1.29 is 9.63 Å². The largest absolute Gasteiger partial charge is 0.368 e. The first-order chi connectivity index (χ1) is 6.41. The molecule has 0 saturated heterocycles. The molecule has 82 valence electrons. The van der Waals surface area contributed by atoms with E-state index in [0.717, 1.165) is 6.42 Å². The van der Waals surface area contributed by atoms with Crippen molar-refractivity contribution in [3.05, 3.63) is 0 Å². The molecule has 1 aliphatic carbocycles. The van der Waals surface area contributed by atoms with Crippen molar-refractivity contribution in [3.63, 3.8) is 0 Å². The predicted molar refractivity (Wildman–Crippen MR) is 54.2 cm³/mol. The van der Waals surface area contributed by atoms with Gasteiger partial charge in [0.25, 0.3) is 0 Å². The average molecular weight is 200 g/mol. The molecule has 2 atom stereocenters. The molecule has 0 aromatic heterocycles. The third-order valence-electron chi connectivity index (χ3n) is 2.78. The normalized spacial score (nSPS) is 30.5. The van der Waals surface area contributed by atoms with Gasteiger partial charge in [-0.05, 0) is 24.2 Å². The van der Waals surface area contributed by atoms with E-state index in [1.165, 1.54) is 6.42 Å². The van der Waals surface area contributed by atoms with E-state index in [2.05, 4.69) is 26.3 Å². The fourth-order valence-electron chi connectivity index (χ4n) is 2.27. The van der Waals surface area contributed by atoms with Crippen LogP contribution in [0.4, 0.5) is 0 Å². The minimum atomic E-state index is -0.442. The van der Waals surface area contributed by atoms with Crippen LogP contribution in [-0.4, -0.2) is 18.6 Å². The molecular weight excluding hydrogens is 180 g/mol. The molecule has 1 aliphatic rings. The fraction of sp³-hybridized carbons (Fsp3) is 0.900. The lowest BCUT2D eigenvalue weighted by molar-refractivity contribution is -0.126. The smallest absolute Gasteiger partial charge is 0.245 e. The Morgan fingerprint density at radius 3 is 2.64 bits per heavy atom. The van der Waals surface area contributed by atoms with Gasteiger partial charge in [0.1, 0.15) is 6.61 Å². The lowest BCUT2D eigenvalue weighted by atomic mass is 9.91. The molecule has 4 nitrogen and oxygen atoms in total.